The van der Waals surface area contributed by atoms with E-state index >= 15 is 0 Å². The van der Waals surface area contributed by atoms with Gasteiger partial charge in [-0.1, -0.05) is 0 Å². The Morgan fingerprint density at radius 2 is 2.00 bits per heavy atom. The van der Waals surface area contributed by atoms with Gasteiger partial charge < -0.3 is 15.4 Å². The molecule has 5 nitrogen and oxygen atoms in total. The number of carboxylic acid groups (broad SMARTS) is 1. The van der Waals surface area contributed by atoms with E-state index in [1.165, 1.54) is 12.2 Å². The Hall–Kier alpha value is -1.99. The number of hydrogen-bond acceptors (Lipinski definition) is 2. The summed E-state index contributed by atoms with van der Waals surface area (Å²) in [6.45, 7) is 1.37. The Bertz CT molecular complexity index is 436. The van der Waals surface area contributed by atoms with Gasteiger partial charge in [-0.2, -0.15) is 13.2 Å². The fraction of sp³-hybridized carbons (Fsp3) is 0.250. The maximum Gasteiger partial charge on any atom is 0.471 e. The van der Waals surface area contributed by atoms with Gasteiger partial charge in [0, 0.05) is 11.9 Å². The molecule has 0 aliphatic carbocycles. The number of aromatic carboxylic acids is 1. The summed E-state index contributed by atoms with van der Waals surface area (Å²) < 4.78 is 35.7. The highest BCUT2D eigenvalue weighted by molar-refractivity contribution is 6.02. The summed E-state index contributed by atoms with van der Waals surface area (Å²) in [6.07, 6.45) is -4.07. The lowest BCUT2D eigenvalue weighted by Gasteiger charge is -2.07. The summed E-state index contributed by atoms with van der Waals surface area (Å²) in [6, 6.07) is 0. The number of nitrogens with one attached hydrogen (secondary N) is 2. The highest BCUT2D eigenvalue weighted by atomic mass is 19.4. The molecule has 1 heterocycles. The molecule has 8 heteroatoms. The Morgan fingerprint density at radius 3 is 2.44 bits per heavy atom. The van der Waals surface area contributed by atoms with Crippen molar-refractivity contribution in [3.8, 4) is 0 Å². The molecule has 0 unspecified atom stereocenters. The van der Waals surface area contributed by atoms with E-state index < -0.39 is 29.3 Å². The lowest BCUT2D eigenvalue weighted by molar-refractivity contribution is -0.167. The third kappa shape index (κ3) is 2.33. The van der Waals surface area contributed by atoms with Crippen molar-refractivity contribution in [3.05, 3.63) is 17.5 Å². The second-order valence-electron chi connectivity index (χ2n) is 2.96. The van der Waals surface area contributed by atoms with Gasteiger partial charge in [0.15, 0.2) is 0 Å². The molecular weight excluding hydrogens is 229 g/mol. The van der Waals surface area contributed by atoms with Crippen molar-refractivity contribution in [2.24, 2.45) is 0 Å². The number of hydrogen-bond donors (Lipinski definition) is 3. The highest BCUT2D eigenvalue weighted by Gasteiger charge is 2.39. The molecule has 0 aliphatic heterocycles. The number of anilines is 1. The molecule has 1 aromatic heterocycles. The standard InChI is InChI=1S/C8H7F3N2O3/c1-3-5(6(14)15)4(2-12-3)13-7(16)8(9,10)11/h2,12H,1H3,(H,13,16)(H,14,15). The average molecular weight is 236 g/mol. The number of carboxylic acids is 1. The first-order chi connectivity index (χ1) is 7.23. The van der Waals surface area contributed by atoms with E-state index in [0.717, 1.165) is 6.20 Å². The minimum Gasteiger partial charge on any atom is -0.478 e. The fourth-order valence-corrected chi connectivity index (χ4v) is 1.09. The number of amides is 1. The lowest BCUT2D eigenvalue weighted by Crippen LogP contribution is -2.30. The number of carbonyl (C=O) groups excluding carboxylic acids is 1. The molecule has 0 aromatic carbocycles. The van der Waals surface area contributed by atoms with Crippen LogP contribution in [0.25, 0.3) is 0 Å². The van der Waals surface area contributed by atoms with E-state index in [1.54, 1.807) is 0 Å². The smallest absolute Gasteiger partial charge is 0.471 e. The van der Waals surface area contributed by atoms with Crippen molar-refractivity contribution in [3.63, 3.8) is 0 Å². The molecule has 0 aliphatic rings. The molecule has 0 fully saturated rings. The minimum atomic E-state index is -5.05. The Kier molecular flexibility index (Phi) is 2.92. The molecule has 0 bridgehead atoms. The first-order valence-electron chi connectivity index (χ1n) is 4.03. The summed E-state index contributed by atoms with van der Waals surface area (Å²) in [5, 5.41) is 10.2. The van der Waals surface area contributed by atoms with Crippen molar-refractivity contribution in [2.45, 2.75) is 13.1 Å². The molecule has 0 radical (unpaired) electrons. The molecule has 1 amide bonds. The minimum absolute atomic E-state index is 0.157. The second kappa shape index (κ2) is 3.87. The van der Waals surface area contributed by atoms with Crippen LogP contribution in [0.15, 0.2) is 6.20 Å². The quantitative estimate of drug-likeness (QED) is 0.728. The number of carbonyl (C=O) groups is 2. The summed E-state index contributed by atoms with van der Waals surface area (Å²) in [5.41, 5.74) is -0.644. The van der Waals surface area contributed by atoms with Crippen LogP contribution in [0.5, 0.6) is 0 Å². The summed E-state index contributed by atoms with van der Waals surface area (Å²) in [4.78, 5) is 23.7. The maximum absolute atomic E-state index is 11.9. The Balaban J connectivity index is 2.99. The van der Waals surface area contributed by atoms with Crippen molar-refractivity contribution in [1.82, 2.24) is 4.98 Å². The molecule has 0 spiro atoms. The van der Waals surface area contributed by atoms with E-state index in [2.05, 4.69) is 4.98 Å². The van der Waals surface area contributed by atoms with E-state index in [0.29, 0.717) is 0 Å². The van der Waals surface area contributed by atoms with Crippen molar-refractivity contribution in [2.75, 3.05) is 5.32 Å². The number of aryl methyl sites for hydroxylation is 1. The Morgan fingerprint density at radius 1 is 1.44 bits per heavy atom. The van der Waals surface area contributed by atoms with E-state index in [4.69, 9.17) is 5.11 Å². The van der Waals surface area contributed by atoms with Gasteiger partial charge in [0.05, 0.1) is 5.69 Å². The number of halogens is 3. The largest absolute Gasteiger partial charge is 0.478 e. The van der Waals surface area contributed by atoms with E-state index in [-0.39, 0.29) is 5.69 Å². The number of rotatable bonds is 2. The van der Waals surface area contributed by atoms with Gasteiger partial charge in [-0.25, -0.2) is 4.79 Å². The van der Waals surface area contributed by atoms with Gasteiger partial charge in [-0.05, 0) is 6.92 Å². The predicted octanol–water partition coefficient (Wildman–Crippen LogP) is 1.52. The summed E-state index contributed by atoms with van der Waals surface area (Å²) >= 11 is 0. The first-order valence-corrected chi connectivity index (χ1v) is 4.03. The molecule has 1 aromatic rings. The van der Waals surface area contributed by atoms with Crippen molar-refractivity contribution in [1.29, 1.82) is 0 Å². The van der Waals surface area contributed by atoms with E-state index in [1.807, 2.05) is 0 Å². The van der Waals surface area contributed by atoms with Crippen LogP contribution in [-0.2, 0) is 4.79 Å². The third-order valence-corrected chi connectivity index (χ3v) is 1.80. The fourth-order valence-electron chi connectivity index (χ4n) is 1.09. The number of alkyl halides is 3. The van der Waals surface area contributed by atoms with Gasteiger partial charge in [0.25, 0.3) is 0 Å². The highest BCUT2D eigenvalue weighted by Crippen LogP contribution is 2.22. The molecule has 0 saturated carbocycles. The Labute approximate surface area is 87.3 Å². The zero-order valence-corrected chi connectivity index (χ0v) is 7.97. The van der Waals surface area contributed by atoms with Gasteiger partial charge in [-0.3, -0.25) is 4.79 Å². The van der Waals surface area contributed by atoms with Crippen LogP contribution >= 0.6 is 0 Å². The normalized spacial score (nSPS) is 11.2. The van der Waals surface area contributed by atoms with E-state index in [9.17, 15) is 22.8 Å². The predicted molar refractivity (Wildman–Crippen MR) is 47.2 cm³/mol. The topological polar surface area (TPSA) is 82.2 Å². The average Bonchev–Trinajstić information content (AvgIpc) is 2.45. The van der Waals surface area contributed by atoms with Crippen LogP contribution in [0.4, 0.5) is 18.9 Å². The third-order valence-electron chi connectivity index (χ3n) is 1.80. The number of aromatic nitrogens is 1. The van der Waals surface area contributed by atoms with Gasteiger partial charge >= 0.3 is 18.1 Å². The van der Waals surface area contributed by atoms with Crippen LogP contribution in [0.1, 0.15) is 16.1 Å². The molecule has 3 N–H and O–H groups in total. The number of aromatic amines is 1. The maximum atomic E-state index is 11.9. The van der Waals surface area contributed by atoms with Gasteiger partial charge in [-0.15, -0.1) is 0 Å². The zero-order valence-electron chi connectivity index (χ0n) is 7.97. The summed E-state index contributed by atoms with van der Waals surface area (Å²) in [7, 11) is 0. The van der Waals surface area contributed by atoms with Crippen LogP contribution < -0.4 is 5.32 Å². The van der Waals surface area contributed by atoms with Crippen LogP contribution in [0.2, 0.25) is 0 Å². The molecular formula is C8H7F3N2O3. The molecule has 88 valence electrons. The van der Waals surface area contributed by atoms with Crippen molar-refractivity contribution < 1.29 is 27.9 Å². The second-order valence-corrected chi connectivity index (χ2v) is 2.96. The number of H-pyrrole nitrogens is 1. The molecule has 16 heavy (non-hydrogen) atoms. The summed E-state index contributed by atoms with van der Waals surface area (Å²) in [5.74, 6) is -3.63. The molecule has 0 saturated heterocycles. The SMILES string of the molecule is Cc1[nH]cc(NC(=O)C(F)(F)F)c1C(=O)O. The molecule has 0 atom stereocenters. The van der Waals surface area contributed by atoms with Gasteiger partial charge in [0.2, 0.25) is 0 Å². The molecule has 1 rings (SSSR count). The monoisotopic (exact) mass is 236 g/mol. The van der Waals surface area contributed by atoms with Gasteiger partial charge in [0.1, 0.15) is 5.56 Å². The lowest BCUT2D eigenvalue weighted by atomic mass is 10.2. The van der Waals surface area contributed by atoms with Crippen LogP contribution in [0.3, 0.4) is 0 Å². The van der Waals surface area contributed by atoms with Crippen LogP contribution in [0, 0.1) is 6.92 Å². The van der Waals surface area contributed by atoms with Crippen LogP contribution in [-0.4, -0.2) is 28.1 Å². The van der Waals surface area contributed by atoms with Crippen molar-refractivity contribution >= 4 is 17.6 Å². The zero-order chi connectivity index (χ0) is 12.5. The first kappa shape index (κ1) is 12.1.